The van der Waals surface area contributed by atoms with Crippen LogP contribution >= 0.6 is 0 Å². The van der Waals surface area contributed by atoms with E-state index in [0.29, 0.717) is 5.92 Å². The molecular formula is C43H30IrN2O2-2. The normalized spacial score (nSPS) is 13.2. The van der Waals surface area contributed by atoms with Crippen LogP contribution < -0.4 is 0 Å². The van der Waals surface area contributed by atoms with Crippen molar-refractivity contribution in [2.45, 2.75) is 31.6 Å². The summed E-state index contributed by atoms with van der Waals surface area (Å²) in [6, 6.07) is 45.6. The Hall–Kier alpha value is -5.09. The molecule has 1 aliphatic rings. The van der Waals surface area contributed by atoms with E-state index in [1.165, 1.54) is 31.2 Å². The van der Waals surface area contributed by atoms with Crippen molar-refractivity contribution in [2.24, 2.45) is 0 Å². The van der Waals surface area contributed by atoms with Gasteiger partial charge in [0.15, 0.2) is 0 Å². The van der Waals surface area contributed by atoms with Crippen LogP contribution in [-0.4, -0.2) is 9.97 Å². The summed E-state index contributed by atoms with van der Waals surface area (Å²) in [4.78, 5) is 8.94. The smallest absolute Gasteiger partial charge is 0.143 e. The van der Waals surface area contributed by atoms with Crippen LogP contribution in [0.25, 0.3) is 77.2 Å². The van der Waals surface area contributed by atoms with E-state index in [1.807, 2.05) is 66.9 Å². The summed E-state index contributed by atoms with van der Waals surface area (Å²) in [5.74, 6) is 0.641. The first kappa shape index (κ1) is 30.3. The Labute approximate surface area is 291 Å². The number of aromatic nitrogens is 2. The minimum Gasteiger partial charge on any atom is -0.500 e. The fourth-order valence-corrected chi connectivity index (χ4v) is 7.15. The number of rotatable bonds is 3. The van der Waals surface area contributed by atoms with Crippen molar-refractivity contribution < 1.29 is 28.9 Å². The predicted molar refractivity (Wildman–Crippen MR) is 190 cm³/mol. The molecule has 0 saturated heterocycles. The molecule has 4 heterocycles. The third-order valence-corrected chi connectivity index (χ3v) is 9.45. The summed E-state index contributed by atoms with van der Waals surface area (Å²) in [5.41, 5.74) is 8.79. The van der Waals surface area contributed by atoms with Crippen molar-refractivity contribution >= 4 is 54.6 Å². The van der Waals surface area contributed by atoms with E-state index in [4.69, 9.17) is 13.8 Å². The third kappa shape index (κ3) is 5.30. The summed E-state index contributed by atoms with van der Waals surface area (Å²) < 4.78 is 12.9. The van der Waals surface area contributed by atoms with Gasteiger partial charge in [0.05, 0.1) is 5.58 Å². The van der Waals surface area contributed by atoms with Crippen molar-refractivity contribution in [1.29, 1.82) is 0 Å². The number of hydrogen-bond acceptors (Lipinski definition) is 4. The maximum atomic E-state index is 6.63. The first-order valence-electron chi connectivity index (χ1n) is 16.3. The molecule has 0 atom stereocenters. The summed E-state index contributed by atoms with van der Waals surface area (Å²) in [6.45, 7) is 0. The summed E-state index contributed by atoms with van der Waals surface area (Å²) in [6.07, 6.45) is 8.90. The minimum atomic E-state index is 0. The number of furan rings is 2. The summed E-state index contributed by atoms with van der Waals surface area (Å²) >= 11 is 0. The number of benzene rings is 5. The summed E-state index contributed by atoms with van der Waals surface area (Å²) in [5, 5.41) is 6.59. The Kier molecular flexibility index (Phi) is 8.09. The fourth-order valence-electron chi connectivity index (χ4n) is 7.15. The number of fused-ring (bicyclic) bond motifs is 9. The van der Waals surface area contributed by atoms with Crippen LogP contribution in [0.1, 0.15) is 37.2 Å². The van der Waals surface area contributed by atoms with Crippen LogP contribution in [-0.2, 0) is 20.1 Å². The van der Waals surface area contributed by atoms with Gasteiger partial charge in [0.25, 0.3) is 0 Å². The van der Waals surface area contributed by atoms with Crippen molar-refractivity contribution in [3.63, 3.8) is 0 Å². The maximum absolute atomic E-state index is 6.63. The van der Waals surface area contributed by atoms with Gasteiger partial charge in [-0.15, -0.1) is 54.1 Å². The molecule has 9 aromatic rings. The van der Waals surface area contributed by atoms with Crippen LogP contribution in [0.15, 0.2) is 136 Å². The van der Waals surface area contributed by atoms with E-state index >= 15 is 0 Å². The molecule has 1 radical (unpaired) electrons. The van der Waals surface area contributed by atoms with Gasteiger partial charge in [-0.2, -0.15) is 0 Å². The van der Waals surface area contributed by atoms with Crippen LogP contribution in [0.5, 0.6) is 0 Å². The van der Waals surface area contributed by atoms with Crippen LogP contribution in [0, 0.1) is 12.1 Å². The van der Waals surface area contributed by atoms with E-state index in [-0.39, 0.29) is 20.1 Å². The Morgan fingerprint density at radius 1 is 0.542 bits per heavy atom. The summed E-state index contributed by atoms with van der Waals surface area (Å²) in [7, 11) is 0. The number of nitrogens with zero attached hydrogens (tertiary/aromatic N) is 2. The molecule has 0 amide bonds. The Bertz CT molecular complexity index is 2490. The first-order chi connectivity index (χ1) is 23.3. The van der Waals surface area contributed by atoms with Crippen molar-refractivity contribution in [1.82, 2.24) is 9.97 Å². The van der Waals surface area contributed by atoms with Gasteiger partial charge in [-0.3, -0.25) is 0 Å². The van der Waals surface area contributed by atoms with E-state index in [2.05, 4.69) is 71.7 Å². The molecule has 0 unspecified atom stereocenters. The van der Waals surface area contributed by atoms with Gasteiger partial charge in [0.2, 0.25) is 0 Å². The molecule has 1 aliphatic carbocycles. The van der Waals surface area contributed by atoms with Gasteiger partial charge >= 0.3 is 0 Å². The van der Waals surface area contributed by atoms with Gasteiger partial charge < -0.3 is 18.8 Å². The second-order valence-electron chi connectivity index (χ2n) is 12.2. The average molecular weight is 799 g/mol. The first-order valence-corrected chi connectivity index (χ1v) is 16.3. The van der Waals surface area contributed by atoms with E-state index in [9.17, 15) is 0 Å². The molecule has 0 N–H and O–H groups in total. The minimum absolute atomic E-state index is 0. The molecule has 0 spiro atoms. The van der Waals surface area contributed by atoms with Crippen LogP contribution in [0.2, 0.25) is 0 Å². The molecule has 5 aromatic carbocycles. The van der Waals surface area contributed by atoms with Gasteiger partial charge in [-0.1, -0.05) is 71.8 Å². The van der Waals surface area contributed by atoms with Gasteiger partial charge in [-0.05, 0) is 66.5 Å². The SMILES string of the molecule is [Ir].[c-]1ccc2c(oc3c2ccc2c3ccc3c4ccccc4oc32)c1-c1cc(C2CCCC2)ccn1.[c-]1ccccc1-c1ccccn1. The molecule has 5 heteroatoms. The Balaban J connectivity index is 0.000000220. The van der Waals surface area contributed by atoms with Gasteiger partial charge in [-0.25, -0.2) is 0 Å². The Morgan fingerprint density at radius 2 is 1.23 bits per heavy atom. The largest absolute Gasteiger partial charge is 0.500 e. The predicted octanol–water partition coefficient (Wildman–Crippen LogP) is 11.7. The van der Waals surface area contributed by atoms with E-state index in [1.54, 1.807) is 6.20 Å². The van der Waals surface area contributed by atoms with Crippen molar-refractivity contribution in [2.75, 3.05) is 0 Å². The van der Waals surface area contributed by atoms with Crippen molar-refractivity contribution in [3.05, 3.63) is 145 Å². The molecule has 0 bridgehead atoms. The maximum Gasteiger partial charge on any atom is 0.143 e. The zero-order valence-electron chi connectivity index (χ0n) is 26.1. The second kappa shape index (κ2) is 12.8. The fraction of sp³-hybridized carbons (Fsp3) is 0.116. The number of pyridine rings is 2. The molecule has 48 heavy (non-hydrogen) atoms. The van der Waals surface area contributed by atoms with Gasteiger partial charge in [0.1, 0.15) is 16.7 Å². The quantitative estimate of drug-likeness (QED) is 0.167. The molecule has 4 aromatic heterocycles. The zero-order valence-corrected chi connectivity index (χ0v) is 28.5. The van der Waals surface area contributed by atoms with Crippen molar-refractivity contribution in [3.8, 4) is 22.5 Å². The monoisotopic (exact) mass is 799 g/mol. The molecule has 1 saturated carbocycles. The van der Waals surface area contributed by atoms with Crippen LogP contribution in [0.4, 0.5) is 0 Å². The molecule has 4 nitrogen and oxygen atoms in total. The topological polar surface area (TPSA) is 52.1 Å². The van der Waals surface area contributed by atoms with Crippen LogP contribution in [0.3, 0.4) is 0 Å². The van der Waals surface area contributed by atoms with Gasteiger partial charge in [0, 0.05) is 59.4 Å². The molecule has 10 rings (SSSR count). The molecule has 235 valence electrons. The number of para-hydroxylation sites is 1. The molecule has 1 fully saturated rings. The third-order valence-electron chi connectivity index (χ3n) is 9.45. The standard InChI is InChI=1S/C32H22NO2.C11H8N.Ir/c1-2-7-19(6-1)20-16-17-33-28(18-20)27-10-5-9-22-24-14-15-25-26(31(24)35-32(22)27)13-12-23-21-8-3-4-11-29(21)34-30(23)25;1-2-6-10(7-3-1)11-8-4-5-9-12-11;/h3-5,8-9,11-19H,1-2,6-7H2;1-6,8-9H;/q2*-1;. The number of hydrogen-bond donors (Lipinski definition) is 0. The zero-order chi connectivity index (χ0) is 31.2. The molecule has 0 aliphatic heterocycles. The second-order valence-corrected chi connectivity index (χ2v) is 12.2. The average Bonchev–Trinajstić information content (AvgIpc) is 3.91. The van der Waals surface area contributed by atoms with E-state index in [0.717, 1.165) is 77.2 Å². The van der Waals surface area contributed by atoms with E-state index < -0.39 is 0 Å². The Morgan fingerprint density at radius 3 is 1.98 bits per heavy atom. The molecular weight excluding hydrogens is 769 g/mol.